The summed E-state index contributed by atoms with van der Waals surface area (Å²) in [6.45, 7) is 0. The molecule has 0 aliphatic heterocycles. The molecule has 1 nitrogen and oxygen atoms in total. The first-order chi connectivity index (χ1) is 4.29. The van der Waals surface area contributed by atoms with Gasteiger partial charge in [-0.25, -0.2) is 0 Å². The van der Waals surface area contributed by atoms with Crippen molar-refractivity contribution in [2.45, 2.75) is 44.1 Å². The predicted octanol–water partition coefficient (Wildman–Crippen LogP) is 1.67. The maximum absolute atomic E-state index is 5.92. The molecule has 0 heterocycles. The van der Waals surface area contributed by atoms with E-state index < -0.39 is 0 Å². The fraction of sp³-hybridized carbons (Fsp3) is 1.00. The molecular formula is C8H15N. The zero-order valence-electron chi connectivity index (χ0n) is 5.90. The number of hydrogen-bond acceptors (Lipinski definition) is 1. The monoisotopic (exact) mass is 125 g/mol. The molecule has 0 spiro atoms. The van der Waals surface area contributed by atoms with Gasteiger partial charge in [0.15, 0.2) is 0 Å². The summed E-state index contributed by atoms with van der Waals surface area (Å²) in [5.74, 6) is 1.08. The van der Waals surface area contributed by atoms with E-state index in [-0.39, 0.29) is 0 Å². The summed E-state index contributed by atoms with van der Waals surface area (Å²) in [6, 6.07) is 0. The molecule has 2 saturated carbocycles. The molecule has 0 atom stereocenters. The quantitative estimate of drug-likeness (QED) is 0.610. The van der Waals surface area contributed by atoms with Gasteiger partial charge in [-0.1, -0.05) is 12.8 Å². The van der Waals surface area contributed by atoms with Crippen LogP contribution in [0.1, 0.15) is 38.5 Å². The first-order valence-electron chi connectivity index (χ1n) is 4.07. The largest absolute Gasteiger partial charge is 0.325 e. The Kier molecular flexibility index (Phi) is 1.10. The highest BCUT2D eigenvalue weighted by Gasteiger charge is 2.38. The molecule has 0 aromatic rings. The van der Waals surface area contributed by atoms with Crippen LogP contribution in [0.25, 0.3) is 0 Å². The van der Waals surface area contributed by atoms with Crippen LogP contribution in [0.15, 0.2) is 0 Å². The van der Waals surface area contributed by atoms with Crippen molar-refractivity contribution in [1.82, 2.24) is 0 Å². The molecule has 0 amide bonds. The summed E-state index contributed by atoms with van der Waals surface area (Å²) in [4.78, 5) is 0. The SMILES string of the molecule is NC1(CCC2CC2)CC1. The van der Waals surface area contributed by atoms with Crippen LogP contribution in [0, 0.1) is 5.92 Å². The summed E-state index contributed by atoms with van der Waals surface area (Å²) in [7, 11) is 0. The smallest absolute Gasteiger partial charge is 0.0155 e. The second-order valence-electron chi connectivity index (χ2n) is 3.84. The van der Waals surface area contributed by atoms with Crippen LogP contribution in [-0.2, 0) is 0 Å². The molecule has 2 fully saturated rings. The van der Waals surface area contributed by atoms with Crippen LogP contribution < -0.4 is 5.73 Å². The second-order valence-corrected chi connectivity index (χ2v) is 3.84. The van der Waals surface area contributed by atoms with Gasteiger partial charge in [-0.2, -0.15) is 0 Å². The van der Waals surface area contributed by atoms with Gasteiger partial charge >= 0.3 is 0 Å². The molecule has 0 saturated heterocycles. The highest BCUT2D eigenvalue weighted by atomic mass is 14.8. The van der Waals surface area contributed by atoms with Gasteiger partial charge in [0.1, 0.15) is 0 Å². The average Bonchev–Trinajstić information content (AvgIpc) is 2.58. The van der Waals surface area contributed by atoms with Crippen LogP contribution in [0.5, 0.6) is 0 Å². The molecule has 2 aliphatic carbocycles. The van der Waals surface area contributed by atoms with E-state index in [0.717, 1.165) is 5.92 Å². The van der Waals surface area contributed by atoms with Crippen molar-refractivity contribution < 1.29 is 0 Å². The third kappa shape index (κ3) is 1.45. The summed E-state index contributed by atoms with van der Waals surface area (Å²) in [5.41, 5.74) is 6.24. The molecule has 9 heavy (non-hydrogen) atoms. The van der Waals surface area contributed by atoms with Crippen molar-refractivity contribution in [1.29, 1.82) is 0 Å². The zero-order chi connectivity index (χ0) is 6.32. The van der Waals surface area contributed by atoms with Crippen LogP contribution in [0.3, 0.4) is 0 Å². The molecule has 1 heteroatoms. The summed E-state index contributed by atoms with van der Waals surface area (Å²) in [6.07, 6.45) is 8.26. The zero-order valence-corrected chi connectivity index (χ0v) is 5.90. The topological polar surface area (TPSA) is 26.0 Å². The van der Waals surface area contributed by atoms with Gasteiger partial charge in [-0.05, 0) is 31.6 Å². The van der Waals surface area contributed by atoms with Crippen molar-refractivity contribution in [3.63, 3.8) is 0 Å². The maximum Gasteiger partial charge on any atom is 0.0155 e. The first kappa shape index (κ1) is 5.72. The van der Waals surface area contributed by atoms with E-state index in [2.05, 4.69) is 0 Å². The lowest BCUT2D eigenvalue weighted by Gasteiger charge is -2.05. The van der Waals surface area contributed by atoms with Crippen LogP contribution >= 0.6 is 0 Å². The van der Waals surface area contributed by atoms with Crippen molar-refractivity contribution in [2.24, 2.45) is 11.7 Å². The highest BCUT2D eigenvalue weighted by Crippen LogP contribution is 2.42. The van der Waals surface area contributed by atoms with Gasteiger partial charge in [0.05, 0.1) is 0 Å². The van der Waals surface area contributed by atoms with Crippen LogP contribution in [0.4, 0.5) is 0 Å². The molecule has 0 aromatic heterocycles. The Labute approximate surface area is 56.6 Å². The van der Waals surface area contributed by atoms with E-state index in [4.69, 9.17) is 5.73 Å². The van der Waals surface area contributed by atoms with Crippen molar-refractivity contribution >= 4 is 0 Å². The maximum atomic E-state index is 5.92. The minimum Gasteiger partial charge on any atom is -0.325 e. The van der Waals surface area contributed by atoms with Crippen molar-refractivity contribution in [3.8, 4) is 0 Å². The predicted molar refractivity (Wildman–Crippen MR) is 38.1 cm³/mol. The van der Waals surface area contributed by atoms with Gasteiger partial charge in [-0.3, -0.25) is 0 Å². The molecular weight excluding hydrogens is 110 g/mol. The first-order valence-corrected chi connectivity index (χ1v) is 4.07. The van der Waals surface area contributed by atoms with Gasteiger partial charge in [-0.15, -0.1) is 0 Å². The van der Waals surface area contributed by atoms with Gasteiger partial charge in [0.2, 0.25) is 0 Å². The minimum absolute atomic E-state index is 0.322. The molecule has 2 rings (SSSR count). The van der Waals surface area contributed by atoms with E-state index in [1.807, 2.05) is 0 Å². The lowest BCUT2D eigenvalue weighted by Crippen LogP contribution is -2.21. The third-order valence-corrected chi connectivity index (χ3v) is 2.64. The lowest BCUT2D eigenvalue weighted by atomic mass is 10.1. The molecule has 2 N–H and O–H groups in total. The fourth-order valence-electron chi connectivity index (χ4n) is 1.31. The van der Waals surface area contributed by atoms with Crippen molar-refractivity contribution in [3.05, 3.63) is 0 Å². The third-order valence-electron chi connectivity index (χ3n) is 2.64. The molecule has 2 aliphatic rings. The van der Waals surface area contributed by atoms with E-state index in [1.54, 1.807) is 0 Å². The second kappa shape index (κ2) is 1.72. The van der Waals surface area contributed by atoms with Gasteiger partial charge < -0.3 is 5.73 Å². The molecule has 0 unspecified atom stereocenters. The molecule has 0 bridgehead atoms. The van der Waals surface area contributed by atoms with E-state index in [1.165, 1.54) is 38.5 Å². The highest BCUT2D eigenvalue weighted by molar-refractivity contribution is 4.99. The van der Waals surface area contributed by atoms with Gasteiger partial charge in [0.25, 0.3) is 0 Å². The Morgan fingerprint density at radius 2 is 2.00 bits per heavy atom. The Morgan fingerprint density at radius 1 is 1.33 bits per heavy atom. The summed E-state index contributed by atoms with van der Waals surface area (Å²) >= 11 is 0. The number of hydrogen-bond donors (Lipinski definition) is 1. The lowest BCUT2D eigenvalue weighted by molar-refractivity contribution is 0.545. The minimum atomic E-state index is 0.322. The Morgan fingerprint density at radius 3 is 2.44 bits per heavy atom. The molecule has 0 aromatic carbocycles. The van der Waals surface area contributed by atoms with Crippen LogP contribution in [-0.4, -0.2) is 5.54 Å². The molecule has 0 radical (unpaired) electrons. The Bertz CT molecular complexity index is 112. The van der Waals surface area contributed by atoms with Crippen LogP contribution in [0.2, 0.25) is 0 Å². The number of rotatable bonds is 3. The summed E-state index contributed by atoms with van der Waals surface area (Å²) in [5, 5.41) is 0. The Hall–Kier alpha value is -0.0400. The number of nitrogens with two attached hydrogens (primary N) is 1. The van der Waals surface area contributed by atoms with E-state index in [9.17, 15) is 0 Å². The molecule has 52 valence electrons. The Balaban J connectivity index is 1.65. The normalized spacial score (nSPS) is 30.3. The average molecular weight is 125 g/mol. The van der Waals surface area contributed by atoms with Crippen molar-refractivity contribution in [2.75, 3.05) is 0 Å². The summed E-state index contributed by atoms with van der Waals surface area (Å²) < 4.78 is 0. The standard InChI is InChI=1S/C8H15N/c9-8(5-6-8)4-3-7-1-2-7/h7H,1-6,9H2. The van der Waals surface area contributed by atoms with E-state index >= 15 is 0 Å². The van der Waals surface area contributed by atoms with Gasteiger partial charge in [0, 0.05) is 5.54 Å². The van der Waals surface area contributed by atoms with E-state index in [0.29, 0.717) is 5.54 Å². The fourth-order valence-corrected chi connectivity index (χ4v) is 1.31.